The highest BCUT2D eigenvalue weighted by Gasteiger charge is 2.32. The summed E-state index contributed by atoms with van der Waals surface area (Å²) < 4.78 is 13.6. The molecule has 0 aromatic heterocycles. The molecule has 2 heterocycles. The lowest BCUT2D eigenvalue weighted by Crippen LogP contribution is -2.42. The van der Waals surface area contributed by atoms with Crippen LogP contribution in [0.5, 0.6) is 0 Å². The van der Waals surface area contributed by atoms with Gasteiger partial charge in [-0.15, -0.1) is 0 Å². The second-order valence-corrected chi connectivity index (χ2v) is 4.63. The number of hydrogen-bond acceptors (Lipinski definition) is 2. The quantitative estimate of drug-likeness (QED) is 0.798. The topological polar surface area (TPSA) is 32.3 Å². The van der Waals surface area contributed by atoms with Gasteiger partial charge in [-0.2, -0.15) is 0 Å². The molecule has 1 amide bonds. The highest BCUT2D eigenvalue weighted by atomic mass is 19.1. The molecule has 2 aliphatic rings. The van der Waals surface area contributed by atoms with E-state index in [1.165, 1.54) is 6.07 Å². The minimum Gasteiger partial charge on any atom is -0.310 e. The Bertz CT molecular complexity index is 455. The molecule has 17 heavy (non-hydrogen) atoms. The SMILES string of the molecule is O=C(C1CCCN1)N1CCc2c(F)cccc21. The number of benzene rings is 1. The van der Waals surface area contributed by atoms with E-state index in [1.54, 1.807) is 11.0 Å². The Morgan fingerprint density at radius 3 is 3.12 bits per heavy atom. The molecule has 4 heteroatoms. The Labute approximate surface area is 99.6 Å². The number of halogens is 1. The van der Waals surface area contributed by atoms with Crippen molar-refractivity contribution < 1.29 is 9.18 Å². The molecule has 0 aliphatic carbocycles. The summed E-state index contributed by atoms with van der Waals surface area (Å²) in [4.78, 5) is 14.0. The number of carbonyl (C=O) groups is 1. The van der Waals surface area contributed by atoms with Gasteiger partial charge in [0.05, 0.1) is 6.04 Å². The van der Waals surface area contributed by atoms with Gasteiger partial charge in [-0.25, -0.2) is 4.39 Å². The van der Waals surface area contributed by atoms with Crippen molar-refractivity contribution in [2.45, 2.75) is 25.3 Å². The monoisotopic (exact) mass is 234 g/mol. The largest absolute Gasteiger partial charge is 0.310 e. The first-order valence-corrected chi connectivity index (χ1v) is 6.09. The van der Waals surface area contributed by atoms with Crippen molar-refractivity contribution >= 4 is 11.6 Å². The van der Waals surface area contributed by atoms with Gasteiger partial charge >= 0.3 is 0 Å². The van der Waals surface area contributed by atoms with Crippen LogP contribution >= 0.6 is 0 Å². The number of anilines is 1. The third-order valence-corrected chi connectivity index (χ3v) is 3.59. The van der Waals surface area contributed by atoms with Crippen LogP contribution in [0.3, 0.4) is 0 Å². The molecular weight excluding hydrogens is 219 g/mol. The predicted molar refractivity (Wildman–Crippen MR) is 63.5 cm³/mol. The normalized spacial score (nSPS) is 22.9. The van der Waals surface area contributed by atoms with Crippen molar-refractivity contribution in [2.24, 2.45) is 0 Å². The maximum absolute atomic E-state index is 13.6. The van der Waals surface area contributed by atoms with Gasteiger partial charge in [0.15, 0.2) is 0 Å². The number of nitrogens with one attached hydrogen (secondary N) is 1. The molecule has 1 aromatic carbocycles. The van der Waals surface area contributed by atoms with Gasteiger partial charge in [0.1, 0.15) is 5.82 Å². The third-order valence-electron chi connectivity index (χ3n) is 3.59. The van der Waals surface area contributed by atoms with Crippen molar-refractivity contribution in [2.75, 3.05) is 18.0 Å². The van der Waals surface area contributed by atoms with E-state index in [2.05, 4.69) is 5.32 Å². The van der Waals surface area contributed by atoms with E-state index in [1.807, 2.05) is 6.07 Å². The minimum atomic E-state index is -0.197. The van der Waals surface area contributed by atoms with Crippen molar-refractivity contribution in [1.29, 1.82) is 0 Å². The number of hydrogen-bond donors (Lipinski definition) is 1. The van der Waals surface area contributed by atoms with Crippen molar-refractivity contribution in [1.82, 2.24) is 5.32 Å². The fourth-order valence-corrected chi connectivity index (χ4v) is 2.70. The van der Waals surface area contributed by atoms with E-state index in [0.717, 1.165) is 25.1 Å². The van der Waals surface area contributed by atoms with Crippen LogP contribution in [0.2, 0.25) is 0 Å². The molecule has 0 radical (unpaired) electrons. The van der Waals surface area contributed by atoms with Gasteiger partial charge in [-0.3, -0.25) is 4.79 Å². The zero-order valence-corrected chi connectivity index (χ0v) is 9.58. The van der Waals surface area contributed by atoms with Gasteiger partial charge in [-0.05, 0) is 37.9 Å². The summed E-state index contributed by atoms with van der Waals surface area (Å²) in [6.45, 7) is 1.51. The molecular formula is C13H15FN2O. The van der Waals surface area contributed by atoms with E-state index in [-0.39, 0.29) is 17.8 Å². The Morgan fingerprint density at radius 2 is 2.35 bits per heavy atom. The van der Waals surface area contributed by atoms with E-state index < -0.39 is 0 Å². The molecule has 3 nitrogen and oxygen atoms in total. The Balaban J connectivity index is 1.88. The fraction of sp³-hybridized carbons (Fsp3) is 0.462. The number of carbonyl (C=O) groups excluding carboxylic acids is 1. The lowest BCUT2D eigenvalue weighted by molar-refractivity contribution is -0.120. The lowest BCUT2D eigenvalue weighted by Gasteiger charge is -2.21. The summed E-state index contributed by atoms with van der Waals surface area (Å²) in [5.41, 5.74) is 1.43. The molecule has 1 aromatic rings. The van der Waals surface area contributed by atoms with Crippen molar-refractivity contribution in [3.8, 4) is 0 Å². The summed E-state index contributed by atoms with van der Waals surface area (Å²) in [5, 5.41) is 3.19. The molecule has 1 fully saturated rings. The molecule has 1 atom stereocenters. The van der Waals surface area contributed by atoms with Gasteiger partial charge in [0.25, 0.3) is 0 Å². The van der Waals surface area contributed by atoms with Crippen LogP contribution in [-0.4, -0.2) is 25.0 Å². The van der Waals surface area contributed by atoms with E-state index in [0.29, 0.717) is 18.5 Å². The average molecular weight is 234 g/mol. The second kappa shape index (κ2) is 4.11. The van der Waals surface area contributed by atoms with Crippen LogP contribution in [-0.2, 0) is 11.2 Å². The maximum Gasteiger partial charge on any atom is 0.244 e. The number of amides is 1. The highest BCUT2D eigenvalue weighted by molar-refractivity contribution is 5.99. The molecule has 0 spiro atoms. The summed E-state index contributed by atoms with van der Waals surface area (Å²) in [6, 6.07) is 4.88. The molecule has 1 unspecified atom stereocenters. The molecule has 1 saturated heterocycles. The summed E-state index contributed by atoms with van der Waals surface area (Å²) in [5.74, 6) is -0.107. The summed E-state index contributed by atoms with van der Waals surface area (Å²) in [6.07, 6.45) is 2.56. The Hall–Kier alpha value is -1.42. The highest BCUT2D eigenvalue weighted by Crippen LogP contribution is 2.30. The lowest BCUT2D eigenvalue weighted by atomic mass is 10.1. The van der Waals surface area contributed by atoms with Gasteiger partial charge in [0, 0.05) is 17.8 Å². The summed E-state index contributed by atoms with van der Waals surface area (Å²) in [7, 11) is 0. The van der Waals surface area contributed by atoms with Crippen LogP contribution in [0.4, 0.5) is 10.1 Å². The zero-order valence-electron chi connectivity index (χ0n) is 9.58. The van der Waals surface area contributed by atoms with Crippen molar-refractivity contribution in [3.05, 3.63) is 29.6 Å². The van der Waals surface area contributed by atoms with Crippen LogP contribution < -0.4 is 10.2 Å². The smallest absolute Gasteiger partial charge is 0.244 e. The van der Waals surface area contributed by atoms with E-state index >= 15 is 0 Å². The van der Waals surface area contributed by atoms with Crippen molar-refractivity contribution in [3.63, 3.8) is 0 Å². The molecule has 0 bridgehead atoms. The first kappa shape index (κ1) is 10.7. The van der Waals surface area contributed by atoms with E-state index in [9.17, 15) is 9.18 Å². The Kier molecular flexibility index (Phi) is 2.59. The molecule has 3 rings (SSSR count). The average Bonchev–Trinajstić information content (AvgIpc) is 2.98. The third kappa shape index (κ3) is 1.72. The minimum absolute atomic E-state index is 0.0794. The molecule has 0 saturated carbocycles. The van der Waals surface area contributed by atoms with Crippen LogP contribution in [0.15, 0.2) is 18.2 Å². The number of fused-ring (bicyclic) bond motifs is 1. The summed E-state index contributed by atoms with van der Waals surface area (Å²) >= 11 is 0. The van der Waals surface area contributed by atoms with Gasteiger partial charge < -0.3 is 10.2 Å². The fourth-order valence-electron chi connectivity index (χ4n) is 2.70. The predicted octanol–water partition coefficient (Wildman–Crippen LogP) is 1.47. The Morgan fingerprint density at radius 1 is 1.47 bits per heavy atom. The van der Waals surface area contributed by atoms with Crippen LogP contribution in [0.1, 0.15) is 18.4 Å². The number of nitrogens with zero attached hydrogens (tertiary/aromatic N) is 1. The first-order chi connectivity index (χ1) is 8.27. The molecule has 2 aliphatic heterocycles. The molecule has 90 valence electrons. The van der Waals surface area contributed by atoms with E-state index in [4.69, 9.17) is 0 Å². The second-order valence-electron chi connectivity index (χ2n) is 4.63. The first-order valence-electron chi connectivity index (χ1n) is 6.09. The standard InChI is InChI=1S/C13H15FN2O/c14-10-3-1-5-12-9(10)6-8-16(12)13(17)11-4-2-7-15-11/h1,3,5,11,15H,2,4,6-8H2. The number of rotatable bonds is 1. The van der Waals surface area contributed by atoms with Gasteiger partial charge in [0.2, 0.25) is 5.91 Å². The zero-order chi connectivity index (χ0) is 11.8. The molecule has 1 N–H and O–H groups in total. The van der Waals surface area contributed by atoms with Gasteiger partial charge in [-0.1, -0.05) is 6.07 Å². The van der Waals surface area contributed by atoms with Crippen LogP contribution in [0.25, 0.3) is 0 Å². The van der Waals surface area contributed by atoms with Crippen LogP contribution in [0, 0.1) is 5.82 Å². The maximum atomic E-state index is 13.6.